The number of benzene rings is 2. The van der Waals surface area contributed by atoms with Crippen LogP contribution in [0.5, 0.6) is 0 Å². The SMILES string of the molecule is CC1Cc2ccccc2N1C(=O)Cn1cnc2ccccc2c1=O. The van der Waals surface area contributed by atoms with Crippen LogP contribution in [0.3, 0.4) is 0 Å². The van der Waals surface area contributed by atoms with Gasteiger partial charge in [-0.15, -0.1) is 0 Å². The normalized spacial score (nSPS) is 16.4. The van der Waals surface area contributed by atoms with Crippen LogP contribution in [0.2, 0.25) is 0 Å². The molecule has 1 atom stereocenters. The zero-order chi connectivity index (χ0) is 16.7. The number of para-hydroxylation sites is 2. The first-order valence-corrected chi connectivity index (χ1v) is 7.99. The number of nitrogens with zero attached hydrogens (tertiary/aromatic N) is 3. The van der Waals surface area contributed by atoms with Crippen molar-refractivity contribution in [1.82, 2.24) is 9.55 Å². The summed E-state index contributed by atoms with van der Waals surface area (Å²) < 4.78 is 1.39. The molecule has 0 N–H and O–H groups in total. The molecule has 0 radical (unpaired) electrons. The van der Waals surface area contributed by atoms with Crippen LogP contribution >= 0.6 is 0 Å². The Balaban J connectivity index is 1.68. The molecule has 24 heavy (non-hydrogen) atoms. The summed E-state index contributed by atoms with van der Waals surface area (Å²) in [6.45, 7) is 2.02. The highest BCUT2D eigenvalue weighted by Crippen LogP contribution is 2.31. The molecule has 120 valence electrons. The van der Waals surface area contributed by atoms with Crippen LogP contribution < -0.4 is 10.5 Å². The van der Waals surface area contributed by atoms with Crippen molar-refractivity contribution in [1.29, 1.82) is 0 Å². The van der Waals surface area contributed by atoms with Crippen LogP contribution in [0.25, 0.3) is 10.9 Å². The lowest BCUT2D eigenvalue weighted by Gasteiger charge is -2.23. The summed E-state index contributed by atoms with van der Waals surface area (Å²) in [7, 11) is 0. The fraction of sp³-hybridized carbons (Fsp3) is 0.211. The minimum absolute atomic E-state index is 0.00462. The zero-order valence-corrected chi connectivity index (χ0v) is 13.3. The van der Waals surface area contributed by atoms with Crippen LogP contribution in [-0.2, 0) is 17.8 Å². The summed E-state index contributed by atoms with van der Waals surface area (Å²) in [5.41, 5.74) is 2.57. The number of anilines is 1. The van der Waals surface area contributed by atoms with Gasteiger partial charge in [0, 0.05) is 11.7 Å². The average molecular weight is 319 g/mol. The third-order valence-electron chi connectivity index (χ3n) is 4.51. The minimum Gasteiger partial charge on any atom is -0.307 e. The van der Waals surface area contributed by atoms with E-state index in [1.54, 1.807) is 23.1 Å². The van der Waals surface area contributed by atoms with Gasteiger partial charge >= 0.3 is 0 Å². The van der Waals surface area contributed by atoms with Gasteiger partial charge in [0.25, 0.3) is 5.56 Å². The van der Waals surface area contributed by atoms with Crippen molar-refractivity contribution in [3.63, 3.8) is 0 Å². The topological polar surface area (TPSA) is 55.2 Å². The van der Waals surface area contributed by atoms with E-state index in [1.807, 2.05) is 37.3 Å². The molecule has 5 heteroatoms. The Kier molecular flexibility index (Phi) is 3.41. The molecule has 4 rings (SSSR count). The summed E-state index contributed by atoms with van der Waals surface area (Å²) in [6, 6.07) is 15.2. The van der Waals surface area contributed by atoms with Crippen LogP contribution in [0.15, 0.2) is 59.7 Å². The van der Waals surface area contributed by atoms with E-state index in [0.29, 0.717) is 10.9 Å². The Bertz CT molecular complexity index is 993. The van der Waals surface area contributed by atoms with Gasteiger partial charge in [-0.3, -0.25) is 14.2 Å². The van der Waals surface area contributed by atoms with E-state index in [4.69, 9.17) is 0 Å². The molecular weight excluding hydrogens is 302 g/mol. The van der Waals surface area contributed by atoms with E-state index < -0.39 is 0 Å². The standard InChI is InChI=1S/C19H17N3O2/c1-13-10-14-6-2-5-9-17(14)22(13)18(23)11-21-12-20-16-8-4-3-7-15(16)19(21)24/h2-9,12-13H,10-11H2,1H3. The predicted molar refractivity (Wildman–Crippen MR) is 93.1 cm³/mol. The summed E-state index contributed by atoms with van der Waals surface area (Å²) in [5, 5.41) is 0.530. The second kappa shape index (κ2) is 5.60. The molecule has 1 amide bonds. The van der Waals surface area contributed by atoms with Gasteiger partial charge < -0.3 is 4.90 Å². The number of hydrogen-bond acceptors (Lipinski definition) is 3. The van der Waals surface area contributed by atoms with Crippen molar-refractivity contribution in [3.8, 4) is 0 Å². The first-order chi connectivity index (χ1) is 11.6. The molecule has 0 saturated carbocycles. The predicted octanol–water partition coefficient (Wildman–Crippen LogP) is 2.37. The van der Waals surface area contributed by atoms with E-state index in [-0.39, 0.29) is 24.1 Å². The van der Waals surface area contributed by atoms with Crippen molar-refractivity contribution >= 4 is 22.5 Å². The van der Waals surface area contributed by atoms with Gasteiger partial charge in [-0.2, -0.15) is 0 Å². The van der Waals surface area contributed by atoms with Gasteiger partial charge in [0.1, 0.15) is 6.54 Å². The number of rotatable bonds is 2. The maximum atomic E-state index is 12.8. The number of hydrogen-bond donors (Lipinski definition) is 0. The first-order valence-electron chi connectivity index (χ1n) is 7.99. The van der Waals surface area contributed by atoms with Gasteiger partial charge in [0.2, 0.25) is 5.91 Å². The van der Waals surface area contributed by atoms with Gasteiger partial charge in [-0.1, -0.05) is 30.3 Å². The molecule has 1 aromatic heterocycles. The Morgan fingerprint density at radius 3 is 2.79 bits per heavy atom. The van der Waals surface area contributed by atoms with E-state index >= 15 is 0 Å². The Labute approximate surface area is 139 Å². The molecule has 2 heterocycles. The summed E-state index contributed by atoms with van der Waals surface area (Å²) >= 11 is 0. The molecule has 3 aromatic rings. The zero-order valence-electron chi connectivity index (χ0n) is 13.3. The number of carbonyl (C=O) groups excluding carboxylic acids is 1. The van der Waals surface area contributed by atoms with E-state index in [0.717, 1.165) is 12.1 Å². The Morgan fingerprint density at radius 1 is 1.17 bits per heavy atom. The Morgan fingerprint density at radius 2 is 1.92 bits per heavy atom. The molecule has 0 spiro atoms. The molecule has 2 aromatic carbocycles. The summed E-state index contributed by atoms with van der Waals surface area (Å²) in [4.78, 5) is 31.4. The summed E-state index contributed by atoms with van der Waals surface area (Å²) in [5.74, 6) is -0.0911. The van der Waals surface area contributed by atoms with Crippen molar-refractivity contribution in [3.05, 3.63) is 70.8 Å². The van der Waals surface area contributed by atoms with Crippen molar-refractivity contribution in [2.75, 3.05) is 4.90 Å². The van der Waals surface area contributed by atoms with Crippen molar-refractivity contribution < 1.29 is 4.79 Å². The maximum Gasteiger partial charge on any atom is 0.261 e. The number of carbonyl (C=O) groups is 1. The lowest BCUT2D eigenvalue weighted by Crippen LogP contribution is -2.40. The van der Waals surface area contributed by atoms with Crippen LogP contribution in [0.4, 0.5) is 5.69 Å². The van der Waals surface area contributed by atoms with Gasteiger partial charge in [-0.25, -0.2) is 4.98 Å². The average Bonchev–Trinajstić information content (AvgIpc) is 2.93. The third-order valence-corrected chi connectivity index (χ3v) is 4.51. The highest BCUT2D eigenvalue weighted by atomic mass is 16.2. The number of fused-ring (bicyclic) bond motifs is 2. The molecular formula is C19H17N3O2. The second-order valence-electron chi connectivity index (χ2n) is 6.14. The molecule has 1 aliphatic rings. The Hall–Kier alpha value is -2.95. The van der Waals surface area contributed by atoms with E-state index in [9.17, 15) is 9.59 Å². The van der Waals surface area contributed by atoms with Gasteiger partial charge in [-0.05, 0) is 37.1 Å². The fourth-order valence-electron chi connectivity index (χ4n) is 3.39. The molecule has 0 aliphatic carbocycles. The minimum atomic E-state index is -0.186. The lowest BCUT2D eigenvalue weighted by atomic mass is 10.1. The first kappa shape index (κ1) is 14.6. The number of aromatic nitrogens is 2. The highest BCUT2D eigenvalue weighted by Gasteiger charge is 2.30. The van der Waals surface area contributed by atoms with Gasteiger partial charge in [0.05, 0.1) is 17.2 Å². The van der Waals surface area contributed by atoms with E-state index in [2.05, 4.69) is 4.98 Å². The number of amides is 1. The fourth-order valence-corrected chi connectivity index (χ4v) is 3.39. The van der Waals surface area contributed by atoms with Gasteiger partial charge in [0.15, 0.2) is 0 Å². The molecule has 0 bridgehead atoms. The lowest BCUT2D eigenvalue weighted by molar-refractivity contribution is -0.119. The van der Waals surface area contributed by atoms with Crippen LogP contribution in [0.1, 0.15) is 12.5 Å². The molecule has 0 fully saturated rings. The monoisotopic (exact) mass is 319 g/mol. The molecule has 1 aliphatic heterocycles. The van der Waals surface area contributed by atoms with E-state index in [1.165, 1.54) is 16.5 Å². The van der Waals surface area contributed by atoms with Crippen molar-refractivity contribution in [2.24, 2.45) is 0 Å². The van der Waals surface area contributed by atoms with Crippen molar-refractivity contribution in [2.45, 2.75) is 25.9 Å². The van der Waals surface area contributed by atoms with Crippen LogP contribution in [0, 0.1) is 0 Å². The molecule has 5 nitrogen and oxygen atoms in total. The second-order valence-corrected chi connectivity index (χ2v) is 6.14. The third kappa shape index (κ3) is 2.29. The molecule has 1 unspecified atom stereocenters. The van der Waals surface area contributed by atoms with Crippen LogP contribution in [-0.4, -0.2) is 21.5 Å². The summed E-state index contributed by atoms with van der Waals surface area (Å²) in [6.07, 6.45) is 2.29. The molecule has 0 saturated heterocycles. The quantitative estimate of drug-likeness (QED) is 0.729. The maximum absolute atomic E-state index is 12.8. The highest BCUT2D eigenvalue weighted by molar-refractivity contribution is 5.96. The largest absolute Gasteiger partial charge is 0.307 e. The smallest absolute Gasteiger partial charge is 0.261 e.